The average Bonchev–Trinajstić information content (AvgIpc) is 3.28. The zero-order valence-electron chi connectivity index (χ0n) is 43.8. The number of ether oxygens (including phenoxy) is 3. The lowest BCUT2D eigenvalue weighted by Gasteiger charge is -2.18. The van der Waals surface area contributed by atoms with Gasteiger partial charge in [0, 0.05) is 19.3 Å². The Kier molecular flexibility index (Phi) is 51.1. The highest BCUT2D eigenvalue weighted by Gasteiger charge is 2.19. The number of esters is 3. The van der Waals surface area contributed by atoms with Gasteiger partial charge in [0.2, 0.25) is 0 Å². The van der Waals surface area contributed by atoms with Crippen molar-refractivity contribution in [2.45, 2.75) is 336 Å². The second kappa shape index (κ2) is 52.4. The highest BCUT2D eigenvalue weighted by molar-refractivity contribution is 5.71. The Hall–Kier alpha value is -1.59. The molecule has 0 spiro atoms. The van der Waals surface area contributed by atoms with Gasteiger partial charge in [-0.15, -0.1) is 0 Å². The molecule has 64 heavy (non-hydrogen) atoms. The third-order valence-electron chi connectivity index (χ3n) is 13.3. The minimum atomic E-state index is -0.762. The van der Waals surface area contributed by atoms with Crippen molar-refractivity contribution in [2.75, 3.05) is 13.2 Å². The number of unbranched alkanes of at least 4 members (excludes halogenated alkanes) is 40. The second-order valence-corrected chi connectivity index (χ2v) is 20.4. The van der Waals surface area contributed by atoms with E-state index < -0.39 is 6.10 Å². The lowest BCUT2D eigenvalue weighted by Crippen LogP contribution is -2.30. The second-order valence-electron chi connectivity index (χ2n) is 20.4. The van der Waals surface area contributed by atoms with Gasteiger partial charge in [-0.2, -0.15) is 0 Å². The molecule has 1 atom stereocenters. The number of rotatable bonds is 53. The van der Waals surface area contributed by atoms with Crippen molar-refractivity contribution in [1.29, 1.82) is 0 Å². The molecule has 0 amide bonds. The summed E-state index contributed by atoms with van der Waals surface area (Å²) in [5.74, 6) is -0.00874. The first-order valence-electron chi connectivity index (χ1n) is 28.9. The van der Waals surface area contributed by atoms with Gasteiger partial charge >= 0.3 is 17.9 Å². The van der Waals surface area contributed by atoms with E-state index in [2.05, 4.69) is 27.7 Å². The average molecular weight is 906 g/mol. The van der Waals surface area contributed by atoms with Crippen LogP contribution in [0.2, 0.25) is 0 Å². The molecule has 0 aromatic rings. The Bertz CT molecular complexity index is 964. The molecule has 6 nitrogen and oxygen atoms in total. The Balaban J connectivity index is 4.29. The summed E-state index contributed by atoms with van der Waals surface area (Å²) in [5.41, 5.74) is 0. The largest absolute Gasteiger partial charge is 0.462 e. The molecule has 0 aromatic heterocycles. The van der Waals surface area contributed by atoms with Crippen LogP contribution in [0.3, 0.4) is 0 Å². The van der Waals surface area contributed by atoms with Gasteiger partial charge < -0.3 is 14.2 Å². The topological polar surface area (TPSA) is 78.9 Å². The molecule has 6 heteroatoms. The molecule has 0 aliphatic heterocycles. The summed E-state index contributed by atoms with van der Waals surface area (Å²) >= 11 is 0. The Morgan fingerprint density at radius 3 is 0.766 bits per heavy atom. The van der Waals surface area contributed by atoms with E-state index in [1.807, 2.05) is 0 Å². The number of carbonyl (C=O) groups excluding carboxylic acids is 3. The molecule has 0 fully saturated rings. The summed E-state index contributed by atoms with van der Waals surface area (Å²) < 4.78 is 16.9. The molecule has 0 aliphatic rings. The van der Waals surface area contributed by atoms with Crippen molar-refractivity contribution < 1.29 is 28.6 Å². The zero-order chi connectivity index (χ0) is 46.7. The van der Waals surface area contributed by atoms with Crippen LogP contribution in [-0.2, 0) is 28.6 Å². The SMILES string of the molecule is CCCCCCCCCCCCCCCCCCCC(=O)OC[C@@H](COC(=O)CCCCCCCCCCCCCC(C)C)OC(=O)CCCCCCCCCCCCCCCCC. The lowest BCUT2D eigenvalue weighted by atomic mass is 10.0. The van der Waals surface area contributed by atoms with E-state index in [1.54, 1.807) is 0 Å². The van der Waals surface area contributed by atoms with Crippen molar-refractivity contribution in [3.63, 3.8) is 0 Å². The van der Waals surface area contributed by atoms with Crippen molar-refractivity contribution in [1.82, 2.24) is 0 Å². The molecule has 0 saturated carbocycles. The Morgan fingerprint density at radius 1 is 0.297 bits per heavy atom. The van der Waals surface area contributed by atoms with Gasteiger partial charge in [-0.3, -0.25) is 14.4 Å². The number of hydrogen-bond acceptors (Lipinski definition) is 6. The fraction of sp³-hybridized carbons (Fsp3) is 0.948. The molecular formula is C58H112O6. The smallest absolute Gasteiger partial charge is 0.306 e. The molecule has 0 bridgehead atoms. The van der Waals surface area contributed by atoms with Gasteiger partial charge in [0.1, 0.15) is 13.2 Å². The van der Waals surface area contributed by atoms with Crippen LogP contribution in [0.5, 0.6) is 0 Å². The summed E-state index contributed by atoms with van der Waals surface area (Å²) in [5, 5.41) is 0. The molecule has 0 aliphatic carbocycles. The maximum atomic E-state index is 12.8. The van der Waals surface area contributed by atoms with Gasteiger partial charge in [0.15, 0.2) is 6.10 Å². The van der Waals surface area contributed by atoms with Crippen LogP contribution >= 0.6 is 0 Å². The van der Waals surface area contributed by atoms with Gasteiger partial charge in [-0.25, -0.2) is 0 Å². The standard InChI is InChI=1S/C58H112O6/c1-5-7-9-11-13-15-17-19-21-22-24-25-29-33-37-41-45-49-56(59)62-52-55(53-63-57(60)50-46-42-38-34-31-27-28-32-36-40-44-48-54(3)4)64-58(61)51-47-43-39-35-30-26-23-20-18-16-14-12-10-8-6-2/h54-55H,5-53H2,1-4H3/t55-/m0/s1. The molecule has 0 unspecified atom stereocenters. The maximum Gasteiger partial charge on any atom is 0.306 e. The summed E-state index contributed by atoms with van der Waals surface area (Å²) in [6.07, 6.45) is 56.6. The van der Waals surface area contributed by atoms with E-state index in [9.17, 15) is 14.4 Å². The summed E-state index contributed by atoms with van der Waals surface area (Å²) in [4.78, 5) is 38.1. The van der Waals surface area contributed by atoms with Crippen LogP contribution in [-0.4, -0.2) is 37.2 Å². The first-order valence-corrected chi connectivity index (χ1v) is 28.9. The predicted octanol–water partition coefficient (Wildman–Crippen LogP) is 19.0. The van der Waals surface area contributed by atoms with Crippen molar-refractivity contribution in [3.8, 4) is 0 Å². The third kappa shape index (κ3) is 51.4. The van der Waals surface area contributed by atoms with E-state index in [1.165, 1.54) is 225 Å². The minimum absolute atomic E-state index is 0.0619. The summed E-state index contributed by atoms with van der Waals surface area (Å²) in [6, 6.07) is 0. The maximum absolute atomic E-state index is 12.8. The van der Waals surface area contributed by atoms with Gasteiger partial charge in [0.25, 0.3) is 0 Å². The van der Waals surface area contributed by atoms with Gasteiger partial charge in [0.05, 0.1) is 0 Å². The molecule has 0 N–H and O–H groups in total. The highest BCUT2D eigenvalue weighted by atomic mass is 16.6. The minimum Gasteiger partial charge on any atom is -0.462 e. The fourth-order valence-corrected chi connectivity index (χ4v) is 8.92. The van der Waals surface area contributed by atoms with Crippen LogP contribution in [0, 0.1) is 5.92 Å². The van der Waals surface area contributed by atoms with E-state index in [0.717, 1.165) is 63.7 Å². The van der Waals surface area contributed by atoms with Gasteiger partial charge in [-0.1, -0.05) is 291 Å². The predicted molar refractivity (Wildman–Crippen MR) is 275 cm³/mol. The number of hydrogen-bond donors (Lipinski definition) is 0. The van der Waals surface area contributed by atoms with Crippen LogP contribution < -0.4 is 0 Å². The molecule has 380 valence electrons. The van der Waals surface area contributed by atoms with Crippen LogP contribution in [0.4, 0.5) is 0 Å². The van der Waals surface area contributed by atoms with Crippen molar-refractivity contribution in [3.05, 3.63) is 0 Å². The molecule has 0 heterocycles. The highest BCUT2D eigenvalue weighted by Crippen LogP contribution is 2.18. The Labute approximate surface area is 399 Å². The molecule has 0 aromatic carbocycles. The van der Waals surface area contributed by atoms with E-state index in [4.69, 9.17) is 14.2 Å². The van der Waals surface area contributed by atoms with E-state index in [-0.39, 0.29) is 31.1 Å². The summed E-state index contributed by atoms with van der Waals surface area (Å²) in [7, 11) is 0. The van der Waals surface area contributed by atoms with Crippen LogP contribution in [0.1, 0.15) is 329 Å². The normalized spacial score (nSPS) is 12.0. The molecular weight excluding hydrogens is 793 g/mol. The van der Waals surface area contributed by atoms with E-state index in [0.29, 0.717) is 19.3 Å². The van der Waals surface area contributed by atoms with Gasteiger partial charge in [-0.05, 0) is 25.2 Å². The third-order valence-corrected chi connectivity index (χ3v) is 13.3. The molecule has 0 saturated heterocycles. The first-order chi connectivity index (χ1) is 31.4. The molecule has 0 radical (unpaired) electrons. The Morgan fingerprint density at radius 2 is 0.516 bits per heavy atom. The van der Waals surface area contributed by atoms with Crippen LogP contribution in [0.15, 0.2) is 0 Å². The lowest BCUT2D eigenvalue weighted by molar-refractivity contribution is -0.167. The first kappa shape index (κ1) is 62.4. The quantitative estimate of drug-likeness (QED) is 0.0344. The van der Waals surface area contributed by atoms with E-state index >= 15 is 0 Å². The van der Waals surface area contributed by atoms with Crippen molar-refractivity contribution in [2.24, 2.45) is 5.92 Å². The molecule has 0 rings (SSSR count). The van der Waals surface area contributed by atoms with Crippen LogP contribution in [0.25, 0.3) is 0 Å². The fourth-order valence-electron chi connectivity index (χ4n) is 8.92. The monoisotopic (exact) mass is 905 g/mol. The van der Waals surface area contributed by atoms with Crippen molar-refractivity contribution >= 4 is 17.9 Å². The summed E-state index contributed by atoms with van der Waals surface area (Å²) in [6.45, 7) is 9.05. The number of carbonyl (C=O) groups is 3. The zero-order valence-corrected chi connectivity index (χ0v) is 43.8.